The van der Waals surface area contributed by atoms with Crippen molar-refractivity contribution < 1.29 is 9.90 Å². The van der Waals surface area contributed by atoms with E-state index in [9.17, 15) is 9.90 Å². The van der Waals surface area contributed by atoms with Crippen molar-refractivity contribution in [1.29, 1.82) is 0 Å². The summed E-state index contributed by atoms with van der Waals surface area (Å²) < 4.78 is 0. The summed E-state index contributed by atoms with van der Waals surface area (Å²) in [6.45, 7) is 3.70. The molecule has 88 valence electrons. The largest absolute Gasteiger partial charge is 0.506 e. The number of ketones is 1. The highest BCUT2D eigenvalue weighted by atomic mass is 35.5. The van der Waals surface area contributed by atoms with Crippen molar-refractivity contribution in [1.82, 2.24) is 0 Å². The van der Waals surface area contributed by atoms with Crippen LogP contribution < -0.4 is 0 Å². The first-order chi connectivity index (χ1) is 8.02. The van der Waals surface area contributed by atoms with Gasteiger partial charge >= 0.3 is 0 Å². The highest BCUT2D eigenvalue weighted by Crippen LogP contribution is 2.30. The Morgan fingerprint density at radius 3 is 2.41 bits per heavy atom. The molecule has 1 aromatic rings. The quantitative estimate of drug-likeness (QED) is 0.831. The normalized spacial score (nSPS) is 17.9. The molecule has 0 fully saturated rings. The fraction of sp³-hybridized carbons (Fsp3) is 0.231. The van der Waals surface area contributed by atoms with Crippen LogP contribution in [0.25, 0.3) is 5.76 Å². The molecule has 1 aliphatic carbocycles. The fourth-order valence-electron chi connectivity index (χ4n) is 1.72. The van der Waals surface area contributed by atoms with E-state index in [0.29, 0.717) is 11.1 Å². The van der Waals surface area contributed by atoms with E-state index < -0.39 is 0 Å². The number of nitrogens with zero attached hydrogens (tertiary/aromatic N) is 1. The van der Waals surface area contributed by atoms with Crippen molar-refractivity contribution in [2.75, 3.05) is 0 Å². The fourth-order valence-corrected chi connectivity index (χ4v) is 1.96. The third kappa shape index (κ3) is 1.98. The molecule has 3 nitrogen and oxygen atoms in total. The van der Waals surface area contributed by atoms with Gasteiger partial charge in [0.25, 0.3) is 0 Å². The summed E-state index contributed by atoms with van der Waals surface area (Å²) in [7, 11) is 0. The zero-order chi connectivity index (χ0) is 12.6. The molecular formula is C13H12ClNO2. The van der Waals surface area contributed by atoms with Crippen LogP contribution in [0.1, 0.15) is 29.8 Å². The van der Waals surface area contributed by atoms with Crippen LogP contribution in [0, 0.1) is 0 Å². The molecule has 1 aliphatic rings. The summed E-state index contributed by atoms with van der Waals surface area (Å²) in [5, 5.41) is 9.98. The molecule has 4 heteroatoms. The summed E-state index contributed by atoms with van der Waals surface area (Å²) in [5.41, 5.74) is 1.04. The van der Waals surface area contributed by atoms with Gasteiger partial charge in [0.1, 0.15) is 16.5 Å². The summed E-state index contributed by atoms with van der Waals surface area (Å²) in [6, 6.07) is 6.76. The van der Waals surface area contributed by atoms with E-state index >= 15 is 0 Å². The molecule has 0 aliphatic heterocycles. The van der Waals surface area contributed by atoms with Crippen LogP contribution in [-0.4, -0.2) is 22.6 Å². The van der Waals surface area contributed by atoms with Gasteiger partial charge in [-0.3, -0.25) is 9.79 Å². The molecule has 0 aromatic heterocycles. The Morgan fingerprint density at radius 2 is 1.82 bits per heavy atom. The Morgan fingerprint density at radius 1 is 1.24 bits per heavy atom. The first-order valence-electron chi connectivity index (χ1n) is 5.33. The van der Waals surface area contributed by atoms with Crippen molar-refractivity contribution >= 4 is 28.9 Å². The maximum atomic E-state index is 12.1. The van der Waals surface area contributed by atoms with Crippen LogP contribution in [0.15, 0.2) is 34.3 Å². The zero-order valence-corrected chi connectivity index (χ0v) is 10.3. The number of rotatable bonds is 1. The number of Topliss-reactive ketones (excluding diaryl/α,β-unsaturated/α-hetero) is 1. The van der Waals surface area contributed by atoms with E-state index in [1.165, 1.54) is 0 Å². The number of allylic oxidation sites excluding steroid dienone is 1. The predicted octanol–water partition coefficient (Wildman–Crippen LogP) is 3.20. The molecule has 0 saturated heterocycles. The SMILES string of the molecule is CC(C)/N=C1\C(=O)c2ccccc2C(O)=C1Cl. The highest BCUT2D eigenvalue weighted by molar-refractivity contribution is 6.65. The molecule has 1 aromatic carbocycles. The summed E-state index contributed by atoms with van der Waals surface area (Å²) in [4.78, 5) is 16.3. The van der Waals surface area contributed by atoms with Gasteiger partial charge in [-0.25, -0.2) is 0 Å². The lowest BCUT2D eigenvalue weighted by atomic mass is 9.93. The molecule has 0 bridgehead atoms. The summed E-state index contributed by atoms with van der Waals surface area (Å²) in [5.74, 6) is -0.321. The zero-order valence-electron chi connectivity index (χ0n) is 9.57. The van der Waals surface area contributed by atoms with Crippen LogP contribution in [0.3, 0.4) is 0 Å². The Kier molecular flexibility index (Phi) is 3.03. The first-order valence-corrected chi connectivity index (χ1v) is 5.71. The molecular weight excluding hydrogens is 238 g/mol. The van der Waals surface area contributed by atoms with Crippen LogP contribution in [-0.2, 0) is 0 Å². The van der Waals surface area contributed by atoms with Crippen molar-refractivity contribution in [2.24, 2.45) is 4.99 Å². The van der Waals surface area contributed by atoms with Gasteiger partial charge < -0.3 is 5.11 Å². The maximum Gasteiger partial charge on any atom is 0.213 e. The average molecular weight is 250 g/mol. The lowest BCUT2D eigenvalue weighted by molar-refractivity contribution is 0.106. The van der Waals surface area contributed by atoms with Gasteiger partial charge in [-0.15, -0.1) is 0 Å². The van der Waals surface area contributed by atoms with E-state index in [2.05, 4.69) is 4.99 Å². The Hall–Kier alpha value is -1.61. The monoisotopic (exact) mass is 249 g/mol. The lowest BCUT2D eigenvalue weighted by Gasteiger charge is -2.17. The van der Waals surface area contributed by atoms with Gasteiger partial charge in [0.15, 0.2) is 0 Å². The topological polar surface area (TPSA) is 49.7 Å². The Balaban J connectivity index is 2.67. The van der Waals surface area contributed by atoms with Gasteiger partial charge in [0.2, 0.25) is 5.78 Å². The second-order valence-electron chi connectivity index (χ2n) is 4.11. The van der Waals surface area contributed by atoms with E-state index in [1.807, 2.05) is 13.8 Å². The number of carbonyl (C=O) groups is 1. The Bertz CT molecular complexity index is 544. The number of halogens is 1. The van der Waals surface area contributed by atoms with E-state index in [0.717, 1.165) is 0 Å². The van der Waals surface area contributed by atoms with Crippen LogP contribution in [0.5, 0.6) is 0 Å². The predicted molar refractivity (Wildman–Crippen MR) is 68.7 cm³/mol. The summed E-state index contributed by atoms with van der Waals surface area (Å²) >= 11 is 5.98. The molecule has 0 radical (unpaired) electrons. The molecule has 0 saturated carbocycles. The second-order valence-corrected chi connectivity index (χ2v) is 4.49. The van der Waals surface area contributed by atoms with Crippen molar-refractivity contribution in [3.05, 3.63) is 40.4 Å². The average Bonchev–Trinajstić information content (AvgIpc) is 2.31. The van der Waals surface area contributed by atoms with Gasteiger partial charge in [-0.1, -0.05) is 35.9 Å². The molecule has 1 N–H and O–H groups in total. The standard InChI is InChI=1S/C13H12ClNO2/c1-7(2)15-11-10(14)12(16)8-5-3-4-6-9(8)13(11)17/h3-7,16H,1-2H3/b15-11-. The van der Waals surface area contributed by atoms with E-state index in [1.54, 1.807) is 24.3 Å². The third-order valence-corrected chi connectivity index (χ3v) is 2.80. The first kappa shape index (κ1) is 11.9. The second kappa shape index (κ2) is 4.34. The minimum atomic E-state index is -0.239. The smallest absolute Gasteiger partial charge is 0.213 e. The molecule has 0 unspecified atom stereocenters. The summed E-state index contributed by atoms with van der Waals surface area (Å²) in [6.07, 6.45) is 0. The van der Waals surface area contributed by atoms with Gasteiger partial charge in [0.05, 0.1) is 0 Å². The minimum absolute atomic E-state index is 0.0300. The van der Waals surface area contributed by atoms with Crippen molar-refractivity contribution in [2.45, 2.75) is 19.9 Å². The molecule has 2 rings (SSSR count). The number of aliphatic imine (C=N–C) groups is 1. The molecule has 17 heavy (non-hydrogen) atoms. The third-order valence-electron chi connectivity index (χ3n) is 2.44. The molecule has 0 amide bonds. The number of hydrogen-bond acceptors (Lipinski definition) is 3. The van der Waals surface area contributed by atoms with Gasteiger partial charge in [-0.2, -0.15) is 0 Å². The number of hydrogen-bond donors (Lipinski definition) is 1. The lowest BCUT2D eigenvalue weighted by Crippen LogP contribution is -2.23. The molecule has 0 atom stereocenters. The van der Waals surface area contributed by atoms with E-state index in [-0.39, 0.29) is 28.3 Å². The van der Waals surface area contributed by atoms with Crippen LogP contribution in [0.2, 0.25) is 0 Å². The maximum absolute atomic E-state index is 12.1. The highest BCUT2D eigenvalue weighted by Gasteiger charge is 2.29. The number of aliphatic hydroxyl groups excluding tert-OH is 1. The molecule has 0 heterocycles. The number of carbonyl (C=O) groups excluding carboxylic acids is 1. The van der Waals surface area contributed by atoms with Gasteiger partial charge in [0, 0.05) is 17.2 Å². The van der Waals surface area contributed by atoms with Crippen molar-refractivity contribution in [3.63, 3.8) is 0 Å². The molecule has 0 spiro atoms. The number of benzene rings is 1. The van der Waals surface area contributed by atoms with Crippen LogP contribution >= 0.6 is 11.6 Å². The Labute approximate surface area is 104 Å². The number of aliphatic hydroxyl groups is 1. The minimum Gasteiger partial charge on any atom is -0.506 e. The van der Waals surface area contributed by atoms with Crippen molar-refractivity contribution in [3.8, 4) is 0 Å². The van der Waals surface area contributed by atoms with Crippen LogP contribution in [0.4, 0.5) is 0 Å². The number of fused-ring (bicyclic) bond motifs is 1. The van der Waals surface area contributed by atoms with Gasteiger partial charge in [-0.05, 0) is 13.8 Å². The van der Waals surface area contributed by atoms with E-state index in [4.69, 9.17) is 11.6 Å².